The normalized spacial score (nSPS) is 20.8. The maximum Gasteiger partial charge on any atom is 0.212 e. The van der Waals surface area contributed by atoms with Gasteiger partial charge in [0.2, 0.25) is 5.89 Å². The molecule has 16 heavy (non-hydrogen) atoms. The number of benzene rings is 1. The molecule has 0 bridgehead atoms. The van der Waals surface area contributed by atoms with Crippen LogP contribution in [0.5, 0.6) is 0 Å². The topological polar surface area (TPSA) is 38.1 Å². The van der Waals surface area contributed by atoms with Crippen LogP contribution in [0.1, 0.15) is 24.8 Å². The van der Waals surface area contributed by atoms with Gasteiger partial charge in [0.1, 0.15) is 5.52 Å². The van der Waals surface area contributed by atoms with E-state index in [2.05, 4.69) is 10.3 Å². The molecule has 2 aromatic rings. The highest BCUT2D eigenvalue weighted by molar-refractivity contribution is 6.37. The Balaban J connectivity index is 2.11. The van der Waals surface area contributed by atoms with Gasteiger partial charge >= 0.3 is 0 Å². The van der Waals surface area contributed by atoms with Crippen molar-refractivity contribution in [2.24, 2.45) is 0 Å². The van der Waals surface area contributed by atoms with Gasteiger partial charge in [0.05, 0.1) is 11.1 Å². The first kappa shape index (κ1) is 10.4. The van der Waals surface area contributed by atoms with Crippen molar-refractivity contribution in [2.75, 3.05) is 6.54 Å². The summed E-state index contributed by atoms with van der Waals surface area (Å²) in [5, 5.41) is 4.43. The van der Waals surface area contributed by atoms with Crippen molar-refractivity contribution in [1.82, 2.24) is 10.3 Å². The van der Waals surface area contributed by atoms with Crippen LogP contribution >= 0.6 is 23.2 Å². The van der Waals surface area contributed by atoms with Gasteiger partial charge in [0.15, 0.2) is 5.58 Å². The first-order chi connectivity index (χ1) is 7.74. The summed E-state index contributed by atoms with van der Waals surface area (Å²) >= 11 is 12.0. The van der Waals surface area contributed by atoms with Crippen LogP contribution in [0.4, 0.5) is 0 Å². The molecule has 1 aliphatic rings. The highest BCUT2D eigenvalue weighted by atomic mass is 35.5. The minimum atomic E-state index is 0.210. The van der Waals surface area contributed by atoms with Crippen molar-refractivity contribution >= 4 is 34.3 Å². The summed E-state index contributed by atoms with van der Waals surface area (Å²) in [5.74, 6) is 0.705. The number of fused-ring (bicyclic) bond motifs is 1. The van der Waals surface area contributed by atoms with Crippen molar-refractivity contribution < 1.29 is 4.42 Å². The number of rotatable bonds is 1. The van der Waals surface area contributed by atoms with Gasteiger partial charge in [-0.2, -0.15) is 0 Å². The van der Waals surface area contributed by atoms with E-state index in [1.54, 1.807) is 12.1 Å². The lowest BCUT2D eigenvalue weighted by Crippen LogP contribution is -2.12. The summed E-state index contributed by atoms with van der Waals surface area (Å²) in [6, 6.07) is 3.65. The van der Waals surface area contributed by atoms with E-state index in [9.17, 15) is 0 Å². The summed E-state index contributed by atoms with van der Waals surface area (Å²) in [7, 11) is 0. The molecular formula is C11H10Cl2N2O. The first-order valence-electron chi connectivity index (χ1n) is 5.23. The van der Waals surface area contributed by atoms with Crippen LogP contribution < -0.4 is 5.32 Å². The number of oxazole rings is 1. The average molecular weight is 257 g/mol. The minimum Gasteiger partial charge on any atom is -0.437 e. The molecule has 0 spiro atoms. The van der Waals surface area contributed by atoms with Gasteiger partial charge in [-0.1, -0.05) is 23.2 Å². The zero-order valence-electron chi connectivity index (χ0n) is 8.46. The molecule has 5 heteroatoms. The lowest BCUT2D eigenvalue weighted by Gasteiger charge is -2.02. The molecule has 1 N–H and O–H groups in total. The van der Waals surface area contributed by atoms with Crippen LogP contribution in [-0.4, -0.2) is 11.5 Å². The van der Waals surface area contributed by atoms with Gasteiger partial charge in [-0.3, -0.25) is 0 Å². The molecule has 0 amide bonds. The van der Waals surface area contributed by atoms with E-state index in [0.717, 1.165) is 24.9 Å². The van der Waals surface area contributed by atoms with Crippen LogP contribution in [0.15, 0.2) is 16.5 Å². The Labute approximate surface area is 103 Å². The molecule has 3 nitrogen and oxygen atoms in total. The molecule has 1 aromatic carbocycles. The Hall–Kier alpha value is -0.770. The van der Waals surface area contributed by atoms with Crippen LogP contribution in [0.3, 0.4) is 0 Å². The fourth-order valence-electron chi connectivity index (χ4n) is 2.02. The number of halogens is 2. The van der Waals surface area contributed by atoms with Crippen LogP contribution in [0.25, 0.3) is 11.1 Å². The number of nitrogens with zero attached hydrogens (tertiary/aromatic N) is 1. The molecule has 0 radical (unpaired) electrons. The second-order valence-corrected chi connectivity index (χ2v) is 4.78. The second-order valence-electron chi connectivity index (χ2n) is 3.94. The van der Waals surface area contributed by atoms with Gasteiger partial charge in [0.25, 0.3) is 0 Å². The third-order valence-electron chi connectivity index (χ3n) is 2.78. The summed E-state index contributed by atoms with van der Waals surface area (Å²) in [6.07, 6.45) is 2.20. The van der Waals surface area contributed by atoms with E-state index in [4.69, 9.17) is 27.6 Å². The second kappa shape index (κ2) is 3.91. The van der Waals surface area contributed by atoms with E-state index < -0.39 is 0 Å². The smallest absolute Gasteiger partial charge is 0.212 e. The van der Waals surface area contributed by atoms with Gasteiger partial charge in [0, 0.05) is 5.02 Å². The van der Waals surface area contributed by atoms with E-state index in [1.807, 2.05) is 0 Å². The Morgan fingerprint density at radius 1 is 1.38 bits per heavy atom. The number of nitrogens with one attached hydrogen (secondary N) is 1. The minimum absolute atomic E-state index is 0.210. The predicted molar refractivity (Wildman–Crippen MR) is 64.0 cm³/mol. The monoisotopic (exact) mass is 256 g/mol. The van der Waals surface area contributed by atoms with Crippen LogP contribution in [-0.2, 0) is 0 Å². The van der Waals surface area contributed by atoms with Crippen molar-refractivity contribution in [3.8, 4) is 0 Å². The Morgan fingerprint density at radius 2 is 2.25 bits per heavy atom. The van der Waals surface area contributed by atoms with E-state index in [-0.39, 0.29) is 6.04 Å². The Morgan fingerprint density at radius 3 is 3.00 bits per heavy atom. The largest absolute Gasteiger partial charge is 0.437 e. The zero-order valence-corrected chi connectivity index (χ0v) is 9.98. The fourth-order valence-corrected chi connectivity index (χ4v) is 2.54. The van der Waals surface area contributed by atoms with Crippen LogP contribution in [0, 0.1) is 0 Å². The molecule has 1 aliphatic heterocycles. The molecular weight excluding hydrogens is 247 g/mol. The molecule has 1 atom stereocenters. The SMILES string of the molecule is Clc1cc(Cl)c2oc(C3CCCN3)nc2c1. The van der Waals surface area contributed by atoms with Crippen molar-refractivity contribution in [1.29, 1.82) is 0 Å². The number of hydrogen-bond acceptors (Lipinski definition) is 3. The fraction of sp³-hybridized carbons (Fsp3) is 0.364. The first-order valence-corrected chi connectivity index (χ1v) is 5.98. The summed E-state index contributed by atoms with van der Waals surface area (Å²) < 4.78 is 5.67. The highest BCUT2D eigenvalue weighted by Gasteiger charge is 2.22. The molecule has 3 rings (SSSR count). The molecule has 1 aromatic heterocycles. The van der Waals surface area contributed by atoms with E-state index in [0.29, 0.717) is 21.5 Å². The lowest BCUT2D eigenvalue weighted by atomic mass is 10.2. The van der Waals surface area contributed by atoms with Gasteiger partial charge in [-0.15, -0.1) is 0 Å². The molecule has 84 valence electrons. The maximum atomic E-state index is 6.04. The zero-order chi connectivity index (χ0) is 11.1. The summed E-state index contributed by atoms with van der Waals surface area (Å²) in [4.78, 5) is 4.42. The Kier molecular flexibility index (Phi) is 2.54. The molecule has 1 fully saturated rings. The van der Waals surface area contributed by atoms with Gasteiger partial charge in [-0.25, -0.2) is 4.98 Å². The molecule has 0 aliphatic carbocycles. The third kappa shape index (κ3) is 1.69. The number of aromatic nitrogens is 1. The quantitative estimate of drug-likeness (QED) is 0.848. The van der Waals surface area contributed by atoms with Crippen molar-refractivity contribution in [3.63, 3.8) is 0 Å². The Bertz CT molecular complexity index is 532. The van der Waals surface area contributed by atoms with Crippen LogP contribution in [0.2, 0.25) is 10.0 Å². The van der Waals surface area contributed by atoms with Gasteiger partial charge in [-0.05, 0) is 31.5 Å². The molecule has 2 heterocycles. The average Bonchev–Trinajstić information content (AvgIpc) is 2.82. The maximum absolute atomic E-state index is 6.04. The third-order valence-corrected chi connectivity index (χ3v) is 3.28. The lowest BCUT2D eigenvalue weighted by molar-refractivity contribution is 0.452. The van der Waals surface area contributed by atoms with Crippen molar-refractivity contribution in [3.05, 3.63) is 28.1 Å². The summed E-state index contributed by atoms with van der Waals surface area (Å²) in [5.41, 5.74) is 1.34. The van der Waals surface area contributed by atoms with E-state index in [1.165, 1.54) is 0 Å². The standard InChI is InChI=1S/C11H10Cl2N2O/c12-6-4-7(13)10-9(5-6)15-11(16-10)8-2-1-3-14-8/h4-5,8,14H,1-3H2. The summed E-state index contributed by atoms with van der Waals surface area (Å²) in [6.45, 7) is 1.01. The number of hydrogen-bond donors (Lipinski definition) is 1. The highest BCUT2D eigenvalue weighted by Crippen LogP contribution is 2.31. The molecule has 1 unspecified atom stereocenters. The molecule has 0 saturated carbocycles. The predicted octanol–water partition coefficient (Wildman–Crippen LogP) is 3.56. The van der Waals surface area contributed by atoms with Crippen molar-refractivity contribution in [2.45, 2.75) is 18.9 Å². The molecule has 1 saturated heterocycles. The van der Waals surface area contributed by atoms with Gasteiger partial charge < -0.3 is 9.73 Å². The van der Waals surface area contributed by atoms with E-state index >= 15 is 0 Å².